The summed E-state index contributed by atoms with van der Waals surface area (Å²) in [4.78, 5) is 12.2. The summed E-state index contributed by atoms with van der Waals surface area (Å²) in [7, 11) is -3.82. The van der Waals surface area contributed by atoms with E-state index in [0.717, 1.165) is 0 Å². The van der Waals surface area contributed by atoms with Gasteiger partial charge in [-0.05, 0) is 56.7 Å². The van der Waals surface area contributed by atoms with Crippen LogP contribution in [0, 0.1) is 6.92 Å². The predicted molar refractivity (Wildman–Crippen MR) is 96.0 cm³/mol. The molecule has 24 heavy (non-hydrogen) atoms. The second kappa shape index (κ2) is 7.23. The number of hydrogen-bond donors (Lipinski definition) is 2. The second-order valence-corrected chi connectivity index (χ2v) is 7.84. The van der Waals surface area contributed by atoms with Crippen LogP contribution in [0.2, 0.25) is 5.02 Å². The molecule has 0 aliphatic carbocycles. The fourth-order valence-corrected chi connectivity index (χ4v) is 3.38. The number of rotatable bonds is 5. The van der Waals surface area contributed by atoms with Crippen LogP contribution in [0.15, 0.2) is 47.4 Å². The average molecular weight is 367 g/mol. The number of anilines is 1. The highest BCUT2D eigenvalue weighted by atomic mass is 35.5. The minimum absolute atomic E-state index is 0.0157. The molecule has 0 heterocycles. The van der Waals surface area contributed by atoms with Crippen LogP contribution >= 0.6 is 11.6 Å². The van der Waals surface area contributed by atoms with Crippen molar-refractivity contribution in [3.8, 4) is 0 Å². The molecule has 2 rings (SSSR count). The van der Waals surface area contributed by atoms with E-state index in [0.29, 0.717) is 21.8 Å². The van der Waals surface area contributed by atoms with Gasteiger partial charge < -0.3 is 5.32 Å². The molecule has 0 saturated heterocycles. The number of halogens is 1. The number of carbonyl (C=O) groups excluding carboxylic acids is 1. The lowest BCUT2D eigenvalue weighted by atomic mass is 10.1. The third-order valence-corrected chi connectivity index (χ3v) is 4.87. The molecule has 0 fully saturated rings. The SMILES string of the molecule is Cc1ccc(S(=O)(=O)Nc2cccc(Cl)c2)cc1C(=O)NC(C)C. The molecule has 1 amide bonds. The molecular formula is C17H19ClN2O3S. The summed E-state index contributed by atoms with van der Waals surface area (Å²) in [5.74, 6) is -0.303. The van der Waals surface area contributed by atoms with Gasteiger partial charge in [-0.25, -0.2) is 8.42 Å². The predicted octanol–water partition coefficient (Wildman–Crippen LogP) is 3.59. The lowest BCUT2D eigenvalue weighted by Crippen LogP contribution is -2.30. The molecule has 2 aromatic rings. The summed E-state index contributed by atoms with van der Waals surface area (Å²) < 4.78 is 27.5. The Kier molecular flexibility index (Phi) is 5.51. The topological polar surface area (TPSA) is 75.3 Å². The quantitative estimate of drug-likeness (QED) is 0.849. The Morgan fingerprint density at radius 2 is 1.83 bits per heavy atom. The first-order chi connectivity index (χ1) is 11.2. The number of nitrogens with one attached hydrogen (secondary N) is 2. The van der Waals surface area contributed by atoms with Gasteiger partial charge in [0.1, 0.15) is 0 Å². The van der Waals surface area contributed by atoms with Crippen LogP contribution in [0.1, 0.15) is 29.8 Å². The largest absolute Gasteiger partial charge is 0.350 e. The Morgan fingerprint density at radius 3 is 2.46 bits per heavy atom. The van der Waals surface area contributed by atoms with E-state index in [4.69, 9.17) is 11.6 Å². The molecule has 5 nitrogen and oxygen atoms in total. The van der Waals surface area contributed by atoms with Gasteiger partial charge in [0.2, 0.25) is 0 Å². The lowest BCUT2D eigenvalue weighted by molar-refractivity contribution is 0.0942. The molecule has 0 aliphatic rings. The molecule has 0 aromatic heterocycles. The van der Waals surface area contributed by atoms with E-state index in [-0.39, 0.29) is 16.8 Å². The number of benzene rings is 2. The zero-order valence-corrected chi connectivity index (χ0v) is 15.2. The number of aryl methyl sites for hydroxylation is 1. The first-order valence-electron chi connectivity index (χ1n) is 7.39. The van der Waals surface area contributed by atoms with Crippen molar-refractivity contribution >= 4 is 33.2 Å². The normalized spacial score (nSPS) is 11.4. The van der Waals surface area contributed by atoms with E-state index in [2.05, 4.69) is 10.0 Å². The van der Waals surface area contributed by atoms with Crippen molar-refractivity contribution in [2.24, 2.45) is 0 Å². The van der Waals surface area contributed by atoms with E-state index >= 15 is 0 Å². The van der Waals surface area contributed by atoms with Gasteiger partial charge in [-0.3, -0.25) is 9.52 Å². The fourth-order valence-electron chi connectivity index (χ4n) is 2.12. The molecule has 0 aliphatic heterocycles. The number of hydrogen-bond acceptors (Lipinski definition) is 3. The van der Waals surface area contributed by atoms with Gasteiger partial charge in [0, 0.05) is 16.6 Å². The van der Waals surface area contributed by atoms with Crippen molar-refractivity contribution < 1.29 is 13.2 Å². The van der Waals surface area contributed by atoms with Gasteiger partial charge in [0.05, 0.1) is 10.6 Å². The summed E-state index contributed by atoms with van der Waals surface area (Å²) in [5, 5.41) is 3.19. The van der Waals surface area contributed by atoms with Crippen molar-refractivity contribution in [2.45, 2.75) is 31.7 Å². The molecule has 0 bridgehead atoms. The highest BCUT2D eigenvalue weighted by Crippen LogP contribution is 2.21. The molecule has 0 saturated carbocycles. The summed E-state index contributed by atoms with van der Waals surface area (Å²) >= 11 is 5.87. The van der Waals surface area contributed by atoms with Crippen LogP contribution in [0.3, 0.4) is 0 Å². The van der Waals surface area contributed by atoms with Crippen molar-refractivity contribution in [3.63, 3.8) is 0 Å². The minimum Gasteiger partial charge on any atom is -0.350 e. The summed E-state index contributed by atoms with van der Waals surface area (Å²) in [6.45, 7) is 5.44. The van der Waals surface area contributed by atoms with Crippen LogP contribution < -0.4 is 10.0 Å². The number of carbonyl (C=O) groups is 1. The highest BCUT2D eigenvalue weighted by Gasteiger charge is 2.18. The van der Waals surface area contributed by atoms with E-state index in [1.807, 2.05) is 13.8 Å². The van der Waals surface area contributed by atoms with Gasteiger partial charge in [0.25, 0.3) is 15.9 Å². The molecule has 0 atom stereocenters. The molecular weight excluding hydrogens is 348 g/mol. The Bertz CT molecular complexity index is 864. The Morgan fingerprint density at radius 1 is 1.12 bits per heavy atom. The smallest absolute Gasteiger partial charge is 0.261 e. The summed E-state index contributed by atoms with van der Waals surface area (Å²) in [6.07, 6.45) is 0. The van der Waals surface area contributed by atoms with Gasteiger partial charge in [-0.2, -0.15) is 0 Å². The molecule has 7 heteroatoms. The molecule has 0 radical (unpaired) electrons. The fraction of sp³-hybridized carbons (Fsp3) is 0.235. The van der Waals surface area contributed by atoms with Gasteiger partial charge >= 0.3 is 0 Å². The van der Waals surface area contributed by atoms with E-state index in [9.17, 15) is 13.2 Å². The van der Waals surface area contributed by atoms with Crippen molar-refractivity contribution in [1.82, 2.24) is 5.32 Å². The van der Waals surface area contributed by atoms with Crippen molar-refractivity contribution in [1.29, 1.82) is 0 Å². The zero-order chi connectivity index (χ0) is 17.9. The van der Waals surface area contributed by atoms with Crippen LogP contribution in [0.25, 0.3) is 0 Å². The maximum Gasteiger partial charge on any atom is 0.261 e. The Hall–Kier alpha value is -2.05. The highest BCUT2D eigenvalue weighted by molar-refractivity contribution is 7.92. The van der Waals surface area contributed by atoms with Crippen molar-refractivity contribution in [2.75, 3.05) is 4.72 Å². The Labute approximate surface area is 147 Å². The van der Waals surface area contributed by atoms with E-state index in [1.54, 1.807) is 31.2 Å². The summed E-state index contributed by atoms with van der Waals surface area (Å²) in [5.41, 5.74) is 1.39. The monoisotopic (exact) mass is 366 g/mol. The zero-order valence-electron chi connectivity index (χ0n) is 13.6. The third-order valence-electron chi connectivity index (χ3n) is 3.26. The number of sulfonamides is 1. The van der Waals surface area contributed by atoms with E-state index in [1.165, 1.54) is 18.2 Å². The van der Waals surface area contributed by atoms with Gasteiger partial charge in [0.15, 0.2) is 0 Å². The van der Waals surface area contributed by atoms with E-state index < -0.39 is 10.0 Å². The van der Waals surface area contributed by atoms with Gasteiger partial charge in [-0.15, -0.1) is 0 Å². The maximum absolute atomic E-state index is 12.5. The third kappa shape index (κ3) is 4.49. The van der Waals surface area contributed by atoms with Gasteiger partial charge in [-0.1, -0.05) is 23.7 Å². The van der Waals surface area contributed by atoms with Crippen molar-refractivity contribution in [3.05, 3.63) is 58.6 Å². The first-order valence-corrected chi connectivity index (χ1v) is 9.25. The maximum atomic E-state index is 12.5. The molecule has 0 spiro atoms. The van der Waals surface area contributed by atoms with Crippen LogP contribution in [-0.4, -0.2) is 20.4 Å². The standard InChI is InChI=1S/C17H19ClN2O3S/c1-11(2)19-17(21)16-10-15(8-7-12(16)3)24(22,23)20-14-6-4-5-13(18)9-14/h4-11,20H,1-3H3,(H,19,21). The second-order valence-electron chi connectivity index (χ2n) is 5.72. The molecule has 0 unspecified atom stereocenters. The molecule has 128 valence electrons. The van der Waals surface area contributed by atoms with Crippen LogP contribution in [0.4, 0.5) is 5.69 Å². The minimum atomic E-state index is -3.82. The molecule has 2 N–H and O–H groups in total. The average Bonchev–Trinajstić information content (AvgIpc) is 2.46. The first kappa shape index (κ1) is 18.3. The molecule has 2 aromatic carbocycles. The van der Waals surface area contributed by atoms with Crippen LogP contribution in [0.5, 0.6) is 0 Å². The van der Waals surface area contributed by atoms with Crippen LogP contribution in [-0.2, 0) is 10.0 Å². The number of amides is 1. The lowest BCUT2D eigenvalue weighted by Gasteiger charge is -2.13. The Balaban J connectivity index is 2.35. The summed E-state index contributed by atoms with van der Waals surface area (Å²) in [6, 6.07) is 10.8.